The second-order valence-corrected chi connectivity index (χ2v) is 16.9. The van der Waals surface area contributed by atoms with Crippen molar-refractivity contribution in [1.29, 1.82) is 0 Å². The largest absolute Gasteiger partial charge is 0.310 e. The Morgan fingerprint density at radius 3 is 1.24 bits per heavy atom. The molecule has 1 aliphatic rings. The van der Waals surface area contributed by atoms with Gasteiger partial charge in [-0.2, -0.15) is 0 Å². The maximum absolute atomic E-state index is 2.47. The van der Waals surface area contributed by atoms with Crippen LogP contribution in [0.3, 0.4) is 0 Å². The zero-order valence-corrected chi connectivity index (χ0v) is 35.5. The van der Waals surface area contributed by atoms with Gasteiger partial charge in [0, 0.05) is 39.3 Å². The van der Waals surface area contributed by atoms with Gasteiger partial charge in [-0.15, -0.1) is 0 Å². The van der Waals surface area contributed by atoms with E-state index in [9.17, 15) is 0 Å². The van der Waals surface area contributed by atoms with Crippen LogP contribution in [-0.4, -0.2) is 4.57 Å². The predicted molar refractivity (Wildman–Crippen MR) is 265 cm³/mol. The molecule has 0 saturated carbocycles. The number of hydrogen-bond donors (Lipinski definition) is 0. The molecule has 2 nitrogen and oxygen atoms in total. The average Bonchev–Trinajstić information content (AvgIpc) is 3.83. The molecule has 1 aliphatic carbocycles. The molecule has 0 N–H and O–H groups in total. The van der Waals surface area contributed by atoms with E-state index in [2.05, 4.69) is 266 Å². The van der Waals surface area contributed by atoms with E-state index in [1.165, 1.54) is 50.1 Å². The summed E-state index contributed by atoms with van der Waals surface area (Å²) in [5.41, 5.74) is 21.4. The molecule has 1 aromatic heterocycles. The van der Waals surface area contributed by atoms with Crippen LogP contribution in [-0.2, 0) is 5.41 Å². The van der Waals surface area contributed by atoms with Crippen molar-refractivity contribution in [2.24, 2.45) is 0 Å². The molecule has 9 aromatic carbocycles. The number of fused-ring (bicyclic) bond motifs is 3. The number of anilines is 3. The Morgan fingerprint density at radius 2 is 0.698 bits per heavy atom. The third-order valence-electron chi connectivity index (χ3n) is 12.8. The normalized spacial score (nSPS) is 12.4. The molecule has 1 heterocycles. The average molecular weight is 807 g/mol. The van der Waals surface area contributed by atoms with Gasteiger partial charge in [-0.05, 0) is 104 Å². The van der Waals surface area contributed by atoms with Gasteiger partial charge in [0.05, 0.1) is 11.4 Å². The van der Waals surface area contributed by atoms with Gasteiger partial charge in [0.1, 0.15) is 0 Å². The summed E-state index contributed by atoms with van der Waals surface area (Å²) < 4.78 is 2.47. The number of hydrogen-bond acceptors (Lipinski definition) is 1. The van der Waals surface area contributed by atoms with Crippen LogP contribution in [0.4, 0.5) is 17.1 Å². The fourth-order valence-electron chi connectivity index (χ4n) is 9.80. The van der Waals surface area contributed by atoms with Crippen LogP contribution in [0.1, 0.15) is 25.0 Å². The van der Waals surface area contributed by atoms with Crippen LogP contribution in [0.2, 0.25) is 0 Å². The smallest absolute Gasteiger partial charge is 0.0619 e. The Bertz CT molecular complexity index is 3090. The number of aromatic nitrogens is 1. The summed E-state index contributed by atoms with van der Waals surface area (Å²) in [6, 6.07) is 88.2. The lowest BCUT2D eigenvalue weighted by atomic mass is 9.82. The zero-order chi connectivity index (χ0) is 42.3. The number of benzene rings is 9. The van der Waals surface area contributed by atoms with E-state index < -0.39 is 0 Å². The highest BCUT2D eigenvalue weighted by atomic mass is 15.1. The van der Waals surface area contributed by atoms with Gasteiger partial charge >= 0.3 is 0 Å². The van der Waals surface area contributed by atoms with Crippen LogP contribution in [0.25, 0.3) is 72.7 Å². The van der Waals surface area contributed by atoms with Crippen LogP contribution in [0.15, 0.2) is 243 Å². The fourth-order valence-corrected chi connectivity index (χ4v) is 9.80. The molecule has 63 heavy (non-hydrogen) atoms. The summed E-state index contributed by atoms with van der Waals surface area (Å²) in [5.74, 6) is 0. The third kappa shape index (κ3) is 6.68. The van der Waals surface area contributed by atoms with Crippen molar-refractivity contribution in [2.75, 3.05) is 4.90 Å². The molecule has 0 saturated heterocycles. The minimum absolute atomic E-state index is 0.126. The summed E-state index contributed by atoms with van der Waals surface area (Å²) in [6.07, 6.45) is 0. The van der Waals surface area contributed by atoms with Crippen molar-refractivity contribution in [3.05, 3.63) is 254 Å². The first-order valence-electron chi connectivity index (χ1n) is 21.9. The molecule has 0 unspecified atom stereocenters. The SMILES string of the molecule is CC1(C)c2ccccc2-c2ccc(N(c3ccc(-c4ccccc4)cc3)c3ccc(-c4c(-c5ccccc5)c(-c5ccccc5)n(-c5ccccc5)c4-c4ccccc4)cc3)cc21. The summed E-state index contributed by atoms with van der Waals surface area (Å²) in [5, 5.41) is 0. The second kappa shape index (κ2) is 15.8. The molecule has 2 heteroatoms. The van der Waals surface area contributed by atoms with E-state index in [0.717, 1.165) is 50.8 Å². The quantitative estimate of drug-likeness (QED) is 0.141. The van der Waals surface area contributed by atoms with E-state index in [4.69, 9.17) is 0 Å². The molecule has 0 atom stereocenters. The lowest BCUT2D eigenvalue weighted by molar-refractivity contribution is 0.660. The van der Waals surface area contributed by atoms with Crippen LogP contribution >= 0.6 is 0 Å². The maximum Gasteiger partial charge on any atom is 0.0619 e. The highest BCUT2D eigenvalue weighted by molar-refractivity contribution is 6.03. The first-order chi connectivity index (χ1) is 31.0. The number of para-hydroxylation sites is 1. The van der Waals surface area contributed by atoms with E-state index >= 15 is 0 Å². The second-order valence-electron chi connectivity index (χ2n) is 16.9. The molecule has 0 bridgehead atoms. The van der Waals surface area contributed by atoms with Gasteiger partial charge in [-0.25, -0.2) is 0 Å². The summed E-state index contributed by atoms with van der Waals surface area (Å²) in [6.45, 7) is 4.71. The van der Waals surface area contributed by atoms with Gasteiger partial charge in [-0.1, -0.05) is 208 Å². The first kappa shape index (κ1) is 38.0. The summed E-state index contributed by atoms with van der Waals surface area (Å²) >= 11 is 0. The van der Waals surface area contributed by atoms with E-state index in [1.807, 2.05) is 0 Å². The number of rotatable bonds is 9. The Kier molecular flexibility index (Phi) is 9.55. The Balaban J connectivity index is 1.13. The van der Waals surface area contributed by atoms with Gasteiger partial charge in [0.25, 0.3) is 0 Å². The predicted octanol–water partition coefficient (Wildman–Crippen LogP) is 16.6. The summed E-state index contributed by atoms with van der Waals surface area (Å²) in [7, 11) is 0. The third-order valence-corrected chi connectivity index (χ3v) is 12.8. The van der Waals surface area contributed by atoms with Crippen molar-refractivity contribution in [1.82, 2.24) is 4.57 Å². The van der Waals surface area contributed by atoms with Gasteiger partial charge in [-0.3, -0.25) is 0 Å². The van der Waals surface area contributed by atoms with Crippen molar-refractivity contribution in [3.8, 4) is 72.7 Å². The Labute approximate surface area is 370 Å². The molecule has 10 aromatic rings. The standard InChI is InChI=1S/C61H46N2/c1-61(2)55-31-19-18-30-53(55)54-41-40-52(42-56(54)61)62(50-36-32-44(33-37-50)43-20-8-3-9-21-43)51-38-34-46(35-39-51)58-57(45-22-10-4-11-23-45)59(47-24-12-5-13-25-47)63(49-28-16-7-17-29-49)60(58)48-26-14-6-15-27-48/h3-42H,1-2H3. The number of nitrogens with zero attached hydrogens (tertiary/aromatic N) is 2. The molecule has 0 amide bonds. The van der Waals surface area contributed by atoms with Gasteiger partial charge in [0.2, 0.25) is 0 Å². The van der Waals surface area contributed by atoms with Gasteiger partial charge in [0.15, 0.2) is 0 Å². The molecule has 0 fully saturated rings. The van der Waals surface area contributed by atoms with Crippen LogP contribution in [0, 0.1) is 0 Å². The molecule has 0 aliphatic heterocycles. The fraction of sp³-hybridized carbons (Fsp3) is 0.0492. The molecule has 0 radical (unpaired) electrons. The zero-order valence-electron chi connectivity index (χ0n) is 35.5. The lowest BCUT2D eigenvalue weighted by Gasteiger charge is -2.28. The molecule has 0 spiro atoms. The minimum Gasteiger partial charge on any atom is -0.310 e. The minimum atomic E-state index is -0.126. The molecule has 300 valence electrons. The van der Waals surface area contributed by atoms with Gasteiger partial charge < -0.3 is 9.47 Å². The van der Waals surface area contributed by atoms with Crippen LogP contribution < -0.4 is 4.90 Å². The monoisotopic (exact) mass is 806 g/mol. The topological polar surface area (TPSA) is 8.17 Å². The van der Waals surface area contributed by atoms with Crippen molar-refractivity contribution >= 4 is 17.1 Å². The lowest BCUT2D eigenvalue weighted by Crippen LogP contribution is -2.16. The Morgan fingerprint density at radius 1 is 0.317 bits per heavy atom. The first-order valence-corrected chi connectivity index (χ1v) is 21.9. The van der Waals surface area contributed by atoms with Crippen LogP contribution in [0.5, 0.6) is 0 Å². The molecular formula is C61H46N2. The van der Waals surface area contributed by atoms with E-state index in [-0.39, 0.29) is 5.41 Å². The van der Waals surface area contributed by atoms with Crippen molar-refractivity contribution < 1.29 is 0 Å². The van der Waals surface area contributed by atoms with Crippen molar-refractivity contribution in [3.63, 3.8) is 0 Å². The Hall–Kier alpha value is -7.94. The highest BCUT2D eigenvalue weighted by Crippen LogP contribution is 2.52. The maximum atomic E-state index is 2.47. The highest BCUT2D eigenvalue weighted by Gasteiger charge is 2.36. The van der Waals surface area contributed by atoms with E-state index in [1.54, 1.807) is 0 Å². The molecule has 11 rings (SSSR count). The summed E-state index contributed by atoms with van der Waals surface area (Å²) in [4.78, 5) is 2.42. The van der Waals surface area contributed by atoms with Crippen molar-refractivity contribution in [2.45, 2.75) is 19.3 Å². The van der Waals surface area contributed by atoms with E-state index in [0.29, 0.717) is 0 Å². The molecular weight excluding hydrogens is 761 g/mol.